The maximum Gasteiger partial charge on any atom is 0.312 e. The third kappa shape index (κ3) is 4.63. The highest BCUT2D eigenvalue weighted by molar-refractivity contribution is 7.85. The molecule has 0 heterocycles. The number of esters is 1. The second-order valence-corrected chi connectivity index (χ2v) is 6.81. The van der Waals surface area contributed by atoms with Gasteiger partial charge in [0, 0.05) is 11.3 Å². The smallest absolute Gasteiger partial charge is 0.312 e. The molecule has 2 atom stereocenters. The van der Waals surface area contributed by atoms with Gasteiger partial charge in [0.05, 0.1) is 16.2 Å². The minimum absolute atomic E-state index is 0.358. The molecule has 3 nitrogen and oxygen atoms in total. The average molecular weight is 280 g/mol. The third-order valence-corrected chi connectivity index (χ3v) is 3.93. The van der Waals surface area contributed by atoms with Gasteiger partial charge in [-0.15, -0.1) is 6.58 Å². The molecule has 1 aromatic rings. The van der Waals surface area contributed by atoms with E-state index in [1.54, 1.807) is 39.0 Å². The summed E-state index contributed by atoms with van der Waals surface area (Å²) in [6, 6.07) is 8.99. The summed E-state index contributed by atoms with van der Waals surface area (Å²) in [5, 5.41) is 0. The summed E-state index contributed by atoms with van der Waals surface area (Å²) >= 11 is 0. The van der Waals surface area contributed by atoms with Gasteiger partial charge in [0.2, 0.25) is 0 Å². The Hall–Kier alpha value is -1.42. The number of carbonyl (C=O) groups excluding carboxylic acids is 1. The summed E-state index contributed by atoms with van der Waals surface area (Å²) in [5.41, 5.74) is -1.30. The Morgan fingerprint density at radius 3 is 2.42 bits per heavy atom. The van der Waals surface area contributed by atoms with Crippen LogP contribution in [0.3, 0.4) is 0 Å². The molecule has 19 heavy (non-hydrogen) atoms. The molecule has 0 radical (unpaired) electrons. The van der Waals surface area contributed by atoms with Crippen LogP contribution in [0.1, 0.15) is 27.2 Å². The number of hydrogen-bond donors (Lipinski definition) is 0. The lowest BCUT2D eigenvalue weighted by Crippen LogP contribution is -2.30. The molecule has 1 rings (SSSR count). The zero-order valence-corrected chi connectivity index (χ0v) is 12.4. The van der Waals surface area contributed by atoms with E-state index in [9.17, 15) is 9.00 Å². The SMILES string of the molecule is C=CCC(OC(=O)C(C)(C)C)S(=O)c1ccccc1. The topological polar surface area (TPSA) is 43.4 Å². The Morgan fingerprint density at radius 2 is 1.95 bits per heavy atom. The molecule has 0 amide bonds. The van der Waals surface area contributed by atoms with Crippen molar-refractivity contribution in [2.45, 2.75) is 37.5 Å². The highest BCUT2D eigenvalue weighted by atomic mass is 32.2. The normalized spacial score (nSPS) is 14.5. The molecular formula is C15H20O3S. The van der Waals surface area contributed by atoms with Gasteiger partial charge in [0.25, 0.3) is 0 Å². The number of carbonyl (C=O) groups is 1. The predicted molar refractivity (Wildman–Crippen MR) is 77.0 cm³/mol. The van der Waals surface area contributed by atoms with Gasteiger partial charge in [0.1, 0.15) is 0 Å². The standard InChI is InChI=1S/C15H20O3S/c1-5-9-13(18-14(16)15(2,3)4)19(17)12-10-7-6-8-11-12/h5-8,10-11,13H,1,9H2,2-4H3. The Kier molecular flexibility index (Phi) is 5.48. The number of benzene rings is 1. The summed E-state index contributed by atoms with van der Waals surface area (Å²) in [6.45, 7) is 8.93. The van der Waals surface area contributed by atoms with Crippen molar-refractivity contribution in [1.29, 1.82) is 0 Å². The summed E-state index contributed by atoms with van der Waals surface area (Å²) in [4.78, 5) is 12.5. The number of rotatable bonds is 5. The molecular weight excluding hydrogens is 260 g/mol. The van der Waals surface area contributed by atoms with Crippen LogP contribution in [0.15, 0.2) is 47.9 Å². The molecule has 2 unspecified atom stereocenters. The first kappa shape index (κ1) is 15.6. The maximum atomic E-state index is 12.4. The molecule has 0 bridgehead atoms. The third-order valence-electron chi connectivity index (χ3n) is 2.42. The van der Waals surface area contributed by atoms with E-state index in [0.29, 0.717) is 11.3 Å². The van der Waals surface area contributed by atoms with Gasteiger partial charge < -0.3 is 4.74 Å². The molecule has 4 heteroatoms. The highest BCUT2D eigenvalue weighted by Crippen LogP contribution is 2.21. The fraction of sp³-hybridized carbons (Fsp3) is 0.400. The van der Waals surface area contributed by atoms with E-state index >= 15 is 0 Å². The monoisotopic (exact) mass is 280 g/mol. The molecule has 0 aliphatic carbocycles. The quantitative estimate of drug-likeness (QED) is 0.614. The molecule has 0 saturated heterocycles. The van der Waals surface area contributed by atoms with Crippen molar-refractivity contribution in [3.05, 3.63) is 43.0 Å². The largest absolute Gasteiger partial charge is 0.448 e. The van der Waals surface area contributed by atoms with Crippen molar-refractivity contribution in [2.75, 3.05) is 0 Å². The molecule has 0 aliphatic rings. The molecule has 0 aliphatic heterocycles. The van der Waals surface area contributed by atoms with Crippen LogP contribution in [0.25, 0.3) is 0 Å². The molecule has 0 aromatic heterocycles. The lowest BCUT2D eigenvalue weighted by Gasteiger charge is -2.22. The van der Waals surface area contributed by atoms with Crippen LogP contribution >= 0.6 is 0 Å². The Labute approximate surface area is 117 Å². The highest BCUT2D eigenvalue weighted by Gasteiger charge is 2.29. The van der Waals surface area contributed by atoms with Crippen molar-refractivity contribution in [3.8, 4) is 0 Å². The Balaban J connectivity index is 2.87. The van der Waals surface area contributed by atoms with Crippen molar-refractivity contribution in [3.63, 3.8) is 0 Å². The van der Waals surface area contributed by atoms with E-state index in [1.165, 1.54) is 0 Å². The number of hydrogen-bond acceptors (Lipinski definition) is 3. The summed E-state index contributed by atoms with van der Waals surface area (Å²) in [7, 11) is -1.39. The van der Waals surface area contributed by atoms with Crippen molar-refractivity contribution in [1.82, 2.24) is 0 Å². The van der Waals surface area contributed by atoms with E-state index in [1.807, 2.05) is 18.2 Å². The predicted octanol–water partition coefficient (Wildman–Crippen LogP) is 3.29. The summed E-state index contributed by atoms with van der Waals surface area (Å²) in [5.74, 6) is -0.358. The zero-order valence-electron chi connectivity index (χ0n) is 11.6. The molecule has 0 saturated carbocycles. The molecule has 104 valence electrons. The van der Waals surface area contributed by atoms with E-state index < -0.39 is 21.7 Å². The Morgan fingerprint density at radius 1 is 1.37 bits per heavy atom. The lowest BCUT2D eigenvalue weighted by molar-refractivity contribution is -0.154. The minimum atomic E-state index is -1.39. The second kappa shape index (κ2) is 6.66. The lowest BCUT2D eigenvalue weighted by atomic mass is 9.97. The van der Waals surface area contributed by atoms with Crippen LogP contribution in [0.4, 0.5) is 0 Å². The van der Waals surface area contributed by atoms with Gasteiger partial charge in [-0.25, -0.2) is 0 Å². The molecule has 0 fully saturated rings. The van der Waals surface area contributed by atoms with Gasteiger partial charge in [-0.05, 0) is 32.9 Å². The maximum absolute atomic E-state index is 12.4. The number of ether oxygens (including phenoxy) is 1. The van der Waals surface area contributed by atoms with Crippen LogP contribution in [-0.4, -0.2) is 15.6 Å². The summed E-state index contributed by atoms with van der Waals surface area (Å²) in [6.07, 6.45) is 1.98. The second-order valence-electron chi connectivity index (χ2n) is 5.22. The van der Waals surface area contributed by atoms with Crippen LogP contribution in [0.2, 0.25) is 0 Å². The van der Waals surface area contributed by atoms with Gasteiger partial charge >= 0.3 is 5.97 Å². The fourth-order valence-corrected chi connectivity index (χ4v) is 2.53. The first-order chi connectivity index (χ1) is 8.86. The molecule has 1 aromatic carbocycles. The van der Waals surface area contributed by atoms with E-state index in [0.717, 1.165) is 0 Å². The van der Waals surface area contributed by atoms with Crippen LogP contribution in [0.5, 0.6) is 0 Å². The van der Waals surface area contributed by atoms with Crippen LogP contribution in [0, 0.1) is 5.41 Å². The first-order valence-electron chi connectivity index (χ1n) is 6.14. The van der Waals surface area contributed by atoms with Gasteiger partial charge in [0.15, 0.2) is 5.44 Å². The van der Waals surface area contributed by atoms with Gasteiger partial charge in [-0.1, -0.05) is 24.3 Å². The van der Waals surface area contributed by atoms with Crippen LogP contribution in [-0.2, 0) is 20.3 Å². The van der Waals surface area contributed by atoms with Crippen molar-refractivity contribution < 1.29 is 13.7 Å². The Bertz CT molecular complexity index is 460. The summed E-state index contributed by atoms with van der Waals surface area (Å²) < 4.78 is 17.7. The van der Waals surface area contributed by atoms with Gasteiger partial charge in [-0.2, -0.15) is 0 Å². The fourth-order valence-electron chi connectivity index (χ4n) is 1.32. The van der Waals surface area contributed by atoms with Gasteiger partial charge in [-0.3, -0.25) is 9.00 Å². The van der Waals surface area contributed by atoms with Crippen molar-refractivity contribution >= 4 is 16.8 Å². The zero-order chi connectivity index (χ0) is 14.5. The van der Waals surface area contributed by atoms with Crippen LogP contribution < -0.4 is 0 Å². The molecule has 0 N–H and O–H groups in total. The van der Waals surface area contributed by atoms with E-state index in [-0.39, 0.29) is 5.97 Å². The van der Waals surface area contributed by atoms with E-state index in [2.05, 4.69) is 6.58 Å². The van der Waals surface area contributed by atoms with E-state index in [4.69, 9.17) is 4.74 Å². The van der Waals surface area contributed by atoms with Crippen molar-refractivity contribution in [2.24, 2.45) is 5.41 Å². The first-order valence-corrected chi connectivity index (χ1v) is 7.35. The minimum Gasteiger partial charge on any atom is -0.448 e. The average Bonchev–Trinajstić information content (AvgIpc) is 2.37. The molecule has 0 spiro atoms.